The second-order valence-electron chi connectivity index (χ2n) is 5.15. The van der Waals surface area contributed by atoms with Crippen LogP contribution >= 0.6 is 0 Å². The zero-order valence-corrected chi connectivity index (χ0v) is 12.5. The van der Waals surface area contributed by atoms with Gasteiger partial charge in [0.1, 0.15) is 0 Å². The van der Waals surface area contributed by atoms with Gasteiger partial charge < -0.3 is 10.3 Å². The Morgan fingerprint density at radius 1 is 1.30 bits per heavy atom. The predicted octanol–water partition coefficient (Wildman–Crippen LogP) is 0.735. The quantitative estimate of drug-likeness (QED) is 0.551. The van der Waals surface area contributed by atoms with Gasteiger partial charge in [0.2, 0.25) is 10.0 Å². The highest BCUT2D eigenvalue weighted by atomic mass is 32.2. The molecule has 2 rings (SSSR count). The Hall–Kier alpha value is -1.15. The molecule has 0 amide bonds. The lowest BCUT2D eigenvalue weighted by Crippen LogP contribution is -2.44. The molecule has 1 aliphatic heterocycles. The fourth-order valence-corrected chi connectivity index (χ4v) is 3.49. The fraction of sp³-hybridized carbons (Fsp3) is 0.538. The molecular formula is C13H22N4O2S. The van der Waals surface area contributed by atoms with E-state index < -0.39 is 10.0 Å². The van der Waals surface area contributed by atoms with E-state index in [0.29, 0.717) is 12.2 Å². The Balaban J connectivity index is 1.99. The number of hydrogen-bond acceptors (Lipinski definition) is 5. The molecule has 1 aliphatic rings. The van der Waals surface area contributed by atoms with Crippen LogP contribution in [0.15, 0.2) is 29.2 Å². The molecule has 1 heterocycles. The number of rotatable bonds is 5. The van der Waals surface area contributed by atoms with Gasteiger partial charge in [-0.1, -0.05) is 6.42 Å². The molecule has 20 heavy (non-hydrogen) atoms. The number of nitrogen functional groups attached to an aromatic ring is 1. The summed E-state index contributed by atoms with van der Waals surface area (Å²) in [6.45, 7) is 1.49. The van der Waals surface area contributed by atoms with Crippen LogP contribution in [-0.2, 0) is 10.0 Å². The smallest absolute Gasteiger partial charge is 0.240 e. The standard InChI is InChI=1S/C13H22N4O2S/c1-17-9-3-2-4-12(17)10-15-20(18,19)13-7-5-11(16-14)6-8-13/h5-8,12,15-16H,2-4,9-10,14H2,1H3. The third-order valence-corrected chi connectivity index (χ3v) is 5.20. The van der Waals surface area contributed by atoms with Crippen LogP contribution in [0.25, 0.3) is 0 Å². The molecule has 1 unspecified atom stereocenters. The van der Waals surface area contributed by atoms with Crippen molar-refractivity contribution in [1.29, 1.82) is 0 Å². The summed E-state index contributed by atoms with van der Waals surface area (Å²) in [5, 5.41) is 0. The summed E-state index contributed by atoms with van der Waals surface area (Å²) in [4.78, 5) is 2.47. The van der Waals surface area contributed by atoms with E-state index in [1.54, 1.807) is 24.3 Å². The lowest BCUT2D eigenvalue weighted by Gasteiger charge is -2.32. The zero-order valence-electron chi connectivity index (χ0n) is 11.7. The van der Waals surface area contributed by atoms with Crippen molar-refractivity contribution in [1.82, 2.24) is 9.62 Å². The van der Waals surface area contributed by atoms with Crippen LogP contribution in [0.2, 0.25) is 0 Å². The summed E-state index contributed by atoms with van der Waals surface area (Å²) in [5.41, 5.74) is 3.15. The van der Waals surface area contributed by atoms with Crippen molar-refractivity contribution in [2.75, 3.05) is 25.6 Å². The molecule has 0 bridgehead atoms. The number of benzene rings is 1. The number of sulfonamides is 1. The number of likely N-dealkylation sites (N-methyl/N-ethyl adjacent to an activating group) is 1. The van der Waals surface area contributed by atoms with Gasteiger partial charge >= 0.3 is 0 Å². The van der Waals surface area contributed by atoms with Crippen molar-refractivity contribution in [3.05, 3.63) is 24.3 Å². The first kappa shape index (κ1) is 15.2. The first-order chi connectivity index (χ1) is 9.53. The molecule has 7 heteroatoms. The highest BCUT2D eigenvalue weighted by molar-refractivity contribution is 7.89. The molecule has 4 N–H and O–H groups in total. The van der Waals surface area contributed by atoms with Gasteiger partial charge in [0, 0.05) is 18.3 Å². The Morgan fingerprint density at radius 3 is 2.60 bits per heavy atom. The van der Waals surface area contributed by atoms with E-state index >= 15 is 0 Å². The number of likely N-dealkylation sites (tertiary alicyclic amines) is 1. The first-order valence-electron chi connectivity index (χ1n) is 6.79. The third-order valence-electron chi connectivity index (χ3n) is 3.76. The fourth-order valence-electron chi connectivity index (χ4n) is 2.42. The average Bonchev–Trinajstić information content (AvgIpc) is 2.46. The highest BCUT2D eigenvalue weighted by Gasteiger charge is 2.21. The molecule has 1 atom stereocenters. The van der Waals surface area contributed by atoms with Gasteiger partial charge in [0.05, 0.1) is 4.90 Å². The summed E-state index contributed by atoms with van der Waals surface area (Å²) < 4.78 is 27.1. The number of piperidine rings is 1. The van der Waals surface area contributed by atoms with Gasteiger partial charge in [-0.25, -0.2) is 13.1 Å². The Bertz CT molecular complexity index is 530. The van der Waals surface area contributed by atoms with Crippen LogP contribution in [0, 0.1) is 0 Å². The van der Waals surface area contributed by atoms with Crippen molar-refractivity contribution in [3.63, 3.8) is 0 Å². The van der Waals surface area contributed by atoms with Crippen LogP contribution in [0.4, 0.5) is 5.69 Å². The zero-order chi connectivity index (χ0) is 14.6. The van der Waals surface area contributed by atoms with Crippen molar-refractivity contribution in [2.45, 2.75) is 30.2 Å². The Morgan fingerprint density at radius 2 is 2.00 bits per heavy atom. The molecule has 6 nitrogen and oxygen atoms in total. The summed E-state index contributed by atoms with van der Waals surface area (Å²) in [6.07, 6.45) is 3.38. The predicted molar refractivity (Wildman–Crippen MR) is 79.7 cm³/mol. The van der Waals surface area contributed by atoms with Gasteiger partial charge in [0.15, 0.2) is 0 Å². The molecule has 0 saturated carbocycles. The molecule has 0 aromatic heterocycles. The average molecular weight is 298 g/mol. The van der Waals surface area contributed by atoms with Gasteiger partial charge in [-0.3, -0.25) is 5.84 Å². The monoisotopic (exact) mass is 298 g/mol. The molecule has 112 valence electrons. The second-order valence-corrected chi connectivity index (χ2v) is 6.92. The molecule has 0 spiro atoms. The van der Waals surface area contributed by atoms with Crippen molar-refractivity contribution >= 4 is 15.7 Å². The van der Waals surface area contributed by atoms with Gasteiger partial charge in [-0.2, -0.15) is 0 Å². The van der Waals surface area contributed by atoms with Gasteiger partial charge in [0.25, 0.3) is 0 Å². The number of nitrogens with one attached hydrogen (secondary N) is 2. The van der Waals surface area contributed by atoms with Crippen molar-refractivity contribution in [2.24, 2.45) is 5.84 Å². The number of anilines is 1. The van der Waals surface area contributed by atoms with Crippen LogP contribution in [0.3, 0.4) is 0 Å². The summed E-state index contributed by atoms with van der Waals surface area (Å²) in [5.74, 6) is 5.26. The van der Waals surface area contributed by atoms with Crippen LogP contribution in [0.1, 0.15) is 19.3 Å². The van der Waals surface area contributed by atoms with Gasteiger partial charge in [-0.05, 0) is 50.7 Å². The minimum atomic E-state index is -3.45. The Kier molecular flexibility index (Phi) is 4.98. The second kappa shape index (κ2) is 6.53. The minimum Gasteiger partial charge on any atom is -0.324 e. The van der Waals surface area contributed by atoms with Crippen LogP contribution in [0.5, 0.6) is 0 Å². The van der Waals surface area contributed by atoms with E-state index in [0.717, 1.165) is 19.4 Å². The summed E-state index contributed by atoms with van der Waals surface area (Å²) in [6, 6.07) is 6.65. The molecule has 1 aromatic carbocycles. The van der Waals surface area contributed by atoms with Crippen LogP contribution < -0.4 is 16.0 Å². The largest absolute Gasteiger partial charge is 0.324 e. The maximum Gasteiger partial charge on any atom is 0.240 e. The van der Waals surface area contributed by atoms with Crippen molar-refractivity contribution in [3.8, 4) is 0 Å². The topological polar surface area (TPSA) is 87.5 Å². The lowest BCUT2D eigenvalue weighted by atomic mass is 10.0. The SMILES string of the molecule is CN1CCCCC1CNS(=O)(=O)c1ccc(NN)cc1. The normalized spacial score (nSPS) is 20.8. The molecule has 0 aliphatic carbocycles. The molecular weight excluding hydrogens is 276 g/mol. The van der Waals surface area contributed by atoms with E-state index in [4.69, 9.17) is 5.84 Å². The highest BCUT2D eigenvalue weighted by Crippen LogP contribution is 2.16. The third kappa shape index (κ3) is 3.69. The van der Waals surface area contributed by atoms with E-state index in [-0.39, 0.29) is 10.9 Å². The first-order valence-corrected chi connectivity index (χ1v) is 8.28. The van der Waals surface area contributed by atoms with Crippen molar-refractivity contribution < 1.29 is 8.42 Å². The van der Waals surface area contributed by atoms with E-state index in [2.05, 4.69) is 15.0 Å². The van der Waals surface area contributed by atoms with E-state index in [1.165, 1.54) is 6.42 Å². The van der Waals surface area contributed by atoms with E-state index in [1.807, 2.05) is 7.05 Å². The summed E-state index contributed by atoms with van der Waals surface area (Å²) >= 11 is 0. The van der Waals surface area contributed by atoms with E-state index in [9.17, 15) is 8.42 Å². The minimum absolute atomic E-state index is 0.259. The Labute approximate surface area is 120 Å². The lowest BCUT2D eigenvalue weighted by molar-refractivity contribution is 0.187. The molecule has 1 saturated heterocycles. The molecule has 1 aromatic rings. The van der Waals surface area contributed by atoms with Gasteiger partial charge in [-0.15, -0.1) is 0 Å². The number of nitrogens with two attached hydrogens (primary N) is 1. The number of nitrogens with zero attached hydrogens (tertiary/aromatic N) is 1. The van der Waals surface area contributed by atoms with Crippen LogP contribution in [-0.4, -0.2) is 39.5 Å². The molecule has 0 radical (unpaired) electrons. The number of hydrogen-bond donors (Lipinski definition) is 3. The molecule has 1 fully saturated rings. The maximum atomic E-state index is 12.2. The summed E-state index contributed by atoms with van der Waals surface area (Å²) in [7, 11) is -1.41. The number of hydrazine groups is 1. The maximum absolute atomic E-state index is 12.2.